The summed E-state index contributed by atoms with van der Waals surface area (Å²) in [4.78, 5) is 4.23. The Kier molecular flexibility index (Phi) is 2.16. The van der Waals surface area contributed by atoms with Gasteiger partial charge in [0, 0.05) is 11.6 Å². The lowest BCUT2D eigenvalue weighted by atomic mass is 10.1. The molecule has 0 N–H and O–H groups in total. The molecule has 1 heterocycles. The van der Waals surface area contributed by atoms with Crippen LogP contribution in [-0.2, 0) is 0 Å². The van der Waals surface area contributed by atoms with E-state index in [4.69, 9.17) is 11.6 Å². The molecule has 0 saturated heterocycles. The molecule has 0 aliphatic heterocycles. The number of hydrogen-bond acceptors (Lipinski definition) is 1. The molecule has 0 radical (unpaired) electrons. The van der Waals surface area contributed by atoms with Crippen molar-refractivity contribution in [1.29, 1.82) is 0 Å². The summed E-state index contributed by atoms with van der Waals surface area (Å²) < 4.78 is 13.1. The number of nitrogens with zero attached hydrogens (tertiary/aromatic N) is 1. The fraction of sp³-hybridized carbons (Fsp3) is 0.182. The maximum Gasteiger partial charge on any atom is 0.124 e. The summed E-state index contributed by atoms with van der Waals surface area (Å²) in [5.41, 5.74) is 2.44. The van der Waals surface area contributed by atoms with E-state index in [0.29, 0.717) is 10.4 Å². The van der Waals surface area contributed by atoms with Gasteiger partial charge in [-0.15, -0.1) is 0 Å². The lowest BCUT2D eigenvalue weighted by Gasteiger charge is -2.05. The first-order valence-corrected chi connectivity index (χ1v) is 4.68. The molecule has 0 atom stereocenters. The van der Waals surface area contributed by atoms with Gasteiger partial charge in [0.25, 0.3) is 0 Å². The van der Waals surface area contributed by atoms with Crippen LogP contribution in [0.5, 0.6) is 0 Å². The van der Waals surface area contributed by atoms with Crippen molar-refractivity contribution >= 4 is 22.5 Å². The molecule has 1 nitrogen and oxygen atoms in total. The Bertz CT molecular complexity index is 508. The van der Waals surface area contributed by atoms with Crippen LogP contribution in [-0.4, -0.2) is 4.98 Å². The monoisotopic (exact) mass is 209 g/mol. The van der Waals surface area contributed by atoms with Crippen LogP contribution in [0.1, 0.15) is 11.1 Å². The maximum atomic E-state index is 13.1. The van der Waals surface area contributed by atoms with E-state index in [1.54, 1.807) is 6.20 Å². The van der Waals surface area contributed by atoms with Crippen molar-refractivity contribution in [2.45, 2.75) is 13.8 Å². The third-order valence-corrected chi connectivity index (χ3v) is 2.74. The second-order valence-electron chi connectivity index (χ2n) is 3.37. The zero-order chi connectivity index (χ0) is 10.3. The van der Waals surface area contributed by atoms with Gasteiger partial charge in [0.05, 0.1) is 10.5 Å². The molecule has 3 heteroatoms. The molecule has 2 rings (SSSR count). The van der Waals surface area contributed by atoms with Crippen LogP contribution in [0.4, 0.5) is 4.39 Å². The SMILES string of the molecule is Cc1cnc2c(C)cc(F)cc2c1Cl. The average molecular weight is 210 g/mol. The van der Waals surface area contributed by atoms with E-state index in [2.05, 4.69) is 4.98 Å². The maximum absolute atomic E-state index is 13.1. The van der Waals surface area contributed by atoms with E-state index in [1.165, 1.54) is 12.1 Å². The normalized spacial score (nSPS) is 10.9. The molecule has 1 aromatic carbocycles. The van der Waals surface area contributed by atoms with E-state index >= 15 is 0 Å². The molecule has 0 aliphatic rings. The standard InChI is InChI=1S/C11H9ClFN/c1-6-3-8(13)4-9-10(12)7(2)5-14-11(6)9/h3-5H,1-2H3. The highest BCUT2D eigenvalue weighted by Gasteiger charge is 2.07. The topological polar surface area (TPSA) is 12.9 Å². The Morgan fingerprint density at radius 1 is 1.21 bits per heavy atom. The average Bonchev–Trinajstić information content (AvgIpc) is 2.12. The molecule has 0 unspecified atom stereocenters. The highest BCUT2D eigenvalue weighted by Crippen LogP contribution is 2.27. The quantitative estimate of drug-likeness (QED) is 0.646. The van der Waals surface area contributed by atoms with Gasteiger partial charge in [0.1, 0.15) is 5.82 Å². The Labute approximate surface area is 86.5 Å². The predicted molar refractivity (Wildman–Crippen MR) is 56.2 cm³/mol. The van der Waals surface area contributed by atoms with Crippen molar-refractivity contribution in [1.82, 2.24) is 4.98 Å². The Balaban J connectivity index is 2.95. The van der Waals surface area contributed by atoms with Crippen molar-refractivity contribution in [3.63, 3.8) is 0 Å². The summed E-state index contributed by atoms with van der Waals surface area (Å²) in [6.07, 6.45) is 1.70. The third kappa shape index (κ3) is 1.36. The number of halogens is 2. The smallest absolute Gasteiger partial charge is 0.124 e. The molecule has 0 bridgehead atoms. The zero-order valence-corrected chi connectivity index (χ0v) is 8.69. The van der Waals surface area contributed by atoms with Gasteiger partial charge in [-0.1, -0.05) is 11.6 Å². The Morgan fingerprint density at radius 2 is 1.93 bits per heavy atom. The molecule has 0 saturated carbocycles. The van der Waals surface area contributed by atoms with Crippen molar-refractivity contribution in [3.05, 3.63) is 40.3 Å². The minimum absolute atomic E-state index is 0.274. The minimum atomic E-state index is -0.274. The van der Waals surface area contributed by atoms with Crippen LogP contribution in [0.25, 0.3) is 10.9 Å². The van der Waals surface area contributed by atoms with E-state index < -0.39 is 0 Å². The van der Waals surface area contributed by atoms with Crippen molar-refractivity contribution in [2.24, 2.45) is 0 Å². The highest BCUT2D eigenvalue weighted by atomic mass is 35.5. The van der Waals surface area contributed by atoms with Crippen LogP contribution in [0.15, 0.2) is 18.3 Å². The number of aromatic nitrogens is 1. The summed E-state index contributed by atoms with van der Waals surface area (Å²) in [5, 5.41) is 1.27. The van der Waals surface area contributed by atoms with Gasteiger partial charge in [-0.3, -0.25) is 4.98 Å². The van der Waals surface area contributed by atoms with Crippen molar-refractivity contribution in [3.8, 4) is 0 Å². The lowest BCUT2D eigenvalue weighted by Crippen LogP contribution is -1.89. The van der Waals surface area contributed by atoms with E-state index in [9.17, 15) is 4.39 Å². The van der Waals surface area contributed by atoms with E-state index in [1.807, 2.05) is 13.8 Å². The Morgan fingerprint density at radius 3 is 2.64 bits per heavy atom. The number of aryl methyl sites for hydroxylation is 2. The first kappa shape index (κ1) is 9.41. The lowest BCUT2D eigenvalue weighted by molar-refractivity contribution is 0.628. The summed E-state index contributed by atoms with van der Waals surface area (Å²) in [6, 6.07) is 2.88. The number of rotatable bonds is 0. The molecule has 72 valence electrons. The molecular weight excluding hydrogens is 201 g/mol. The number of fused-ring (bicyclic) bond motifs is 1. The van der Waals surface area contributed by atoms with Gasteiger partial charge >= 0.3 is 0 Å². The van der Waals surface area contributed by atoms with Crippen LogP contribution >= 0.6 is 11.6 Å². The summed E-state index contributed by atoms with van der Waals surface area (Å²) in [5.74, 6) is -0.274. The number of hydrogen-bond donors (Lipinski definition) is 0. The molecule has 2 aromatic rings. The van der Waals surface area contributed by atoms with Gasteiger partial charge in [0.15, 0.2) is 0 Å². The van der Waals surface area contributed by atoms with E-state index in [0.717, 1.165) is 16.6 Å². The second-order valence-corrected chi connectivity index (χ2v) is 3.75. The minimum Gasteiger partial charge on any atom is -0.256 e. The largest absolute Gasteiger partial charge is 0.256 e. The fourth-order valence-electron chi connectivity index (χ4n) is 1.50. The van der Waals surface area contributed by atoms with Gasteiger partial charge < -0.3 is 0 Å². The van der Waals surface area contributed by atoms with Crippen LogP contribution < -0.4 is 0 Å². The van der Waals surface area contributed by atoms with Gasteiger partial charge in [-0.05, 0) is 37.1 Å². The second kappa shape index (κ2) is 3.21. The van der Waals surface area contributed by atoms with Crippen LogP contribution in [0, 0.1) is 19.7 Å². The number of pyridine rings is 1. The summed E-state index contributed by atoms with van der Waals surface area (Å²) in [7, 11) is 0. The molecule has 1 aromatic heterocycles. The molecule has 0 spiro atoms. The van der Waals surface area contributed by atoms with Crippen LogP contribution in [0.3, 0.4) is 0 Å². The molecule has 0 amide bonds. The van der Waals surface area contributed by atoms with Gasteiger partial charge in [-0.25, -0.2) is 4.39 Å². The van der Waals surface area contributed by atoms with E-state index in [-0.39, 0.29) is 5.82 Å². The summed E-state index contributed by atoms with van der Waals surface area (Å²) >= 11 is 6.06. The van der Waals surface area contributed by atoms with Gasteiger partial charge in [-0.2, -0.15) is 0 Å². The summed E-state index contributed by atoms with van der Waals surface area (Å²) in [6.45, 7) is 3.68. The first-order chi connectivity index (χ1) is 6.59. The molecule has 0 aliphatic carbocycles. The van der Waals surface area contributed by atoms with Crippen molar-refractivity contribution < 1.29 is 4.39 Å². The molecule has 14 heavy (non-hydrogen) atoms. The van der Waals surface area contributed by atoms with Crippen LogP contribution in [0.2, 0.25) is 5.02 Å². The number of benzene rings is 1. The predicted octanol–water partition coefficient (Wildman–Crippen LogP) is 3.64. The van der Waals surface area contributed by atoms with Gasteiger partial charge in [0.2, 0.25) is 0 Å². The zero-order valence-electron chi connectivity index (χ0n) is 7.94. The van der Waals surface area contributed by atoms with Crippen molar-refractivity contribution in [2.75, 3.05) is 0 Å². The molecule has 0 fully saturated rings. The third-order valence-electron chi connectivity index (χ3n) is 2.24. The Hall–Kier alpha value is -1.15. The fourth-order valence-corrected chi connectivity index (χ4v) is 1.70. The highest BCUT2D eigenvalue weighted by molar-refractivity contribution is 6.36. The molecular formula is C11H9ClFN. The first-order valence-electron chi connectivity index (χ1n) is 4.30.